The van der Waals surface area contributed by atoms with E-state index in [2.05, 4.69) is 9.97 Å². The van der Waals surface area contributed by atoms with Crippen molar-refractivity contribution in [1.29, 1.82) is 0 Å². The quantitative estimate of drug-likeness (QED) is 0.845. The minimum Gasteiger partial charge on any atom is -0.481 e. The van der Waals surface area contributed by atoms with Gasteiger partial charge in [-0.1, -0.05) is 20.8 Å². The smallest absolute Gasteiger partial charge is 0.308 e. The Morgan fingerprint density at radius 3 is 2.45 bits per heavy atom. The topological polar surface area (TPSA) is 103 Å². The number of hydrogen-bond acceptors (Lipinski definition) is 4. The molecule has 1 unspecified atom stereocenters. The average Bonchev–Trinajstić information content (AvgIpc) is 2.86. The van der Waals surface area contributed by atoms with Crippen LogP contribution in [0.25, 0.3) is 0 Å². The van der Waals surface area contributed by atoms with E-state index in [0.29, 0.717) is 24.5 Å². The van der Waals surface area contributed by atoms with Crippen LogP contribution in [0.5, 0.6) is 0 Å². The zero-order valence-electron chi connectivity index (χ0n) is 13.3. The van der Waals surface area contributed by atoms with Gasteiger partial charge in [-0.05, 0) is 13.3 Å². The fourth-order valence-corrected chi connectivity index (χ4v) is 2.50. The number of H-pyrrole nitrogens is 1. The monoisotopic (exact) mass is 307 g/mol. The molecule has 1 aliphatic heterocycles. The Labute approximate surface area is 128 Å². The molecule has 0 bridgehead atoms. The first-order valence-corrected chi connectivity index (χ1v) is 7.24. The van der Waals surface area contributed by atoms with Crippen molar-refractivity contribution in [2.45, 2.75) is 39.5 Å². The Hall–Kier alpha value is -2.18. The highest BCUT2D eigenvalue weighted by atomic mass is 16.4. The minimum absolute atomic E-state index is 0.000890. The molecule has 7 nitrogen and oxygen atoms in total. The van der Waals surface area contributed by atoms with Gasteiger partial charge in [0.1, 0.15) is 11.4 Å². The van der Waals surface area contributed by atoms with Crippen molar-refractivity contribution in [2.24, 2.45) is 5.92 Å². The molecular weight excluding hydrogens is 286 g/mol. The first kappa shape index (κ1) is 16.2. The average molecular weight is 307 g/mol. The van der Waals surface area contributed by atoms with Gasteiger partial charge in [-0.15, -0.1) is 0 Å². The van der Waals surface area contributed by atoms with Crippen LogP contribution in [0.1, 0.15) is 49.1 Å². The number of aromatic amines is 1. The normalized spacial score (nSPS) is 18.5. The SMILES string of the molecule is Cc1nc(C(C)(C)C)[nH]c(=O)c1C(=O)N1CCC(C(=O)O)C1. The Bertz CT molecular complexity index is 672. The van der Waals surface area contributed by atoms with Crippen molar-refractivity contribution in [3.63, 3.8) is 0 Å². The van der Waals surface area contributed by atoms with E-state index in [4.69, 9.17) is 5.11 Å². The number of hydrogen-bond donors (Lipinski definition) is 2. The van der Waals surface area contributed by atoms with E-state index in [-0.39, 0.29) is 17.5 Å². The van der Waals surface area contributed by atoms with Crippen molar-refractivity contribution >= 4 is 11.9 Å². The van der Waals surface area contributed by atoms with E-state index in [0.717, 1.165) is 0 Å². The number of likely N-dealkylation sites (tertiary alicyclic amines) is 1. The molecule has 1 amide bonds. The third-order valence-corrected chi connectivity index (χ3v) is 3.85. The fourth-order valence-electron chi connectivity index (χ4n) is 2.50. The Morgan fingerprint density at radius 1 is 1.36 bits per heavy atom. The molecule has 0 aliphatic carbocycles. The van der Waals surface area contributed by atoms with Gasteiger partial charge < -0.3 is 15.0 Å². The van der Waals surface area contributed by atoms with Crippen molar-refractivity contribution in [3.05, 3.63) is 27.4 Å². The maximum atomic E-state index is 12.5. The zero-order valence-corrected chi connectivity index (χ0v) is 13.3. The molecule has 1 saturated heterocycles. The van der Waals surface area contributed by atoms with Crippen molar-refractivity contribution in [1.82, 2.24) is 14.9 Å². The Morgan fingerprint density at radius 2 is 2.00 bits per heavy atom. The third kappa shape index (κ3) is 3.03. The van der Waals surface area contributed by atoms with Crippen molar-refractivity contribution in [2.75, 3.05) is 13.1 Å². The van der Waals surface area contributed by atoms with Gasteiger partial charge in [-0.2, -0.15) is 0 Å². The molecule has 2 rings (SSSR count). The number of rotatable bonds is 2. The summed E-state index contributed by atoms with van der Waals surface area (Å²) >= 11 is 0. The maximum Gasteiger partial charge on any atom is 0.308 e. The van der Waals surface area contributed by atoms with E-state index >= 15 is 0 Å². The molecule has 7 heteroatoms. The predicted molar refractivity (Wildman–Crippen MR) is 79.9 cm³/mol. The summed E-state index contributed by atoms with van der Waals surface area (Å²) in [7, 11) is 0. The van der Waals surface area contributed by atoms with E-state index in [9.17, 15) is 14.4 Å². The van der Waals surface area contributed by atoms with Gasteiger partial charge in [-0.25, -0.2) is 4.98 Å². The summed E-state index contributed by atoms with van der Waals surface area (Å²) in [5.41, 5.74) is -0.425. The van der Waals surface area contributed by atoms with Crippen LogP contribution in [-0.2, 0) is 10.2 Å². The fraction of sp³-hybridized carbons (Fsp3) is 0.600. The molecule has 1 aromatic rings. The molecule has 2 N–H and O–H groups in total. The summed E-state index contributed by atoms with van der Waals surface area (Å²) in [6.45, 7) is 7.87. The molecular formula is C15H21N3O4. The highest BCUT2D eigenvalue weighted by Gasteiger charge is 2.33. The zero-order chi connectivity index (χ0) is 16.7. The second-order valence-electron chi connectivity index (χ2n) is 6.70. The van der Waals surface area contributed by atoms with Crippen LogP contribution in [0.3, 0.4) is 0 Å². The van der Waals surface area contributed by atoms with Crippen LogP contribution in [0, 0.1) is 12.8 Å². The third-order valence-electron chi connectivity index (χ3n) is 3.85. The van der Waals surface area contributed by atoms with Gasteiger partial charge >= 0.3 is 5.97 Å². The maximum absolute atomic E-state index is 12.5. The molecule has 2 heterocycles. The highest BCUT2D eigenvalue weighted by Crippen LogP contribution is 2.20. The number of carbonyl (C=O) groups is 2. The molecule has 1 aliphatic rings. The van der Waals surface area contributed by atoms with E-state index in [1.54, 1.807) is 6.92 Å². The molecule has 1 fully saturated rings. The number of aryl methyl sites for hydroxylation is 1. The number of nitrogens with one attached hydrogen (secondary N) is 1. The standard InChI is InChI=1S/C15H21N3O4/c1-8-10(11(19)17-14(16-8)15(2,3)4)12(20)18-6-5-9(7-18)13(21)22/h9H,5-7H2,1-4H3,(H,21,22)(H,16,17,19). The van der Waals surface area contributed by atoms with Gasteiger partial charge in [0.05, 0.1) is 11.6 Å². The summed E-state index contributed by atoms with van der Waals surface area (Å²) in [4.78, 5) is 44.1. The van der Waals surface area contributed by atoms with E-state index < -0.39 is 23.4 Å². The molecule has 0 aromatic carbocycles. The van der Waals surface area contributed by atoms with Crippen LogP contribution >= 0.6 is 0 Å². The van der Waals surface area contributed by atoms with E-state index in [1.807, 2.05) is 20.8 Å². The first-order chi connectivity index (χ1) is 10.1. The Kier molecular flexibility index (Phi) is 4.08. The second-order valence-corrected chi connectivity index (χ2v) is 6.70. The van der Waals surface area contributed by atoms with Gasteiger partial charge in [0.15, 0.2) is 0 Å². The van der Waals surface area contributed by atoms with Gasteiger partial charge in [0, 0.05) is 18.5 Å². The number of carbonyl (C=O) groups excluding carboxylic acids is 1. The molecule has 1 aromatic heterocycles. The van der Waals surface area contributed by atoms with Crippen LogP contribution in [0.4, 0.5) is 0 Å². The number of nitrogens with zero attached hydrogens (tertiary/aromatic N) is 2. The Balaban J connectivity index is 2.32. The van der Waals surface area contributed by atoms with Gasteiger partial charge in [-0.3, -0.25) is 14.4 Å². The second kappa shape index (κ2) is 5.55. The van der Waals surface area contributed by atoms with Crippen LogP contribution in [0.15, 0.2) is 4.79 Å². The summed E-state index contributed by atoms with van der Waals surface area (Å²) in [6.07, 6.45) is 0.408. The number of aliphatic carboxylic acids is 1. The summed E-state index contributed by atoms with van der Waals surface area (Å²) in [5.74, 6) is -1.40. The molecule has 1 atom stereocenters. The minimum atomic E-state index is -0.915. The predicted octanol–water partition coefficient (Wildman–Crippen LogP) is 0.923. The largest absolute Gasteiger partial charge is 0.481 e. The molecule has 22 heavy (non-hydrogen) atoms. The van der Waals surface area contributed by atoms with Crippen LogP contribution in [0.2, 0.25) is 0 Å². The van der Waals surface area contributed by atoms with Crippen LogP contribution in [-0.4, -0.2) is 44.9 Å². The summed E-state index contributed by atoms with van der Waals surface area (Å²) in [5, 5.41) is 9.00. The highest BCUT2D eigenvalue weighted by molar-refractivity contribution is 5.95. The first-order valence-electron chi connectivity index (χ1n) is 7.24. The lowest BCUT2D eigenvalue weighted by atomic mass is 9.95. The lowest BCUT2D eigenvalue weighted by Gasteiger charge is -2.20. The van der Waals surface area contributed by atoms with Gasteiger partial charge in [0.25, 0.3) is 11.5 Å². The van der Waals surface area contributed by atoms with Gasteiger partial charge in [0.2, 0.25) is 0 Å². The number of aromatic nitrogens is 2. The summed E-state index contributed by atoms with van der Waals surface area (Å²) in [6, 6.07) is 0. The number of carboxylic acids is 1. The molecule has 0 spiro atoms. The molecule has 120 valence electrons. The van der Waals surface area contributed by atoms with Crippen molar-refractivity contribution in [3.8, 4) is 0 Å². The lowest BCUT2D eigenvalue weighted by Crippen LogP contribution is -2.36. The summed E-state index contributed by atoms with van der Waals surface area (Å²) < 4.78 is 0. The molecule has 0 radical (unpaired) electrons. The van der Waals surface area contributed by atoms with Crippen molar-refractivity contribution < 1.29 is 14.7 Å². The van der Waals surface area contributed by atoms with E-state index in [1.165, 1.54) is 4.90 Å². The molecule has 0 saturated carbocycles. The van der Waals surface area contributed by atoms with Crippen LogP contribution < -0.4 is 5.56 Å². The lowest BCUT2D eigenvalue weighted by molar-refractivity contribution is -0.141. The number of carboxylic acid groups (broad SMARTS) is 1. The number of amides is 1.